The molecule has 2 amide bonds. The van der Waals surface area contributed by atoms with Crippen molar-refractivity contribution in [2.24, 2.45) is 5.73 Å². The van der Waals surface area contributed by atoms with Gasteiger partial charge in [-0.15, -0.1) is 0 Å². The fourth-order valence-electron chi connectivity index (χ4n) is 1.18. The maximum atomic E-state index is 13.0. The molecule has 16 heavy (non-hydrogen) atoms. The normalized spacial score (nSPS) is 9.94. The van der Waals surface area contributed by atoms with E-state index in [1.54, 1.807) is 0 Å². The SMILES string of the molecule is CN(C)C(=O)c1cc(O)c(F)cc1C(N)=O. The van der Waals surface area contributed by atoms with Crippen molar-refractivity contribution in [3.05, 3.63) is 29.1 Å². The van der Waals surface area contributed by atoms with Crippen LogP contribution in [0.1, 0.15) is 20.7 Å². The Hall–Kier alpha value is -2.11. The molecular formula is C10H11FN2O3. The number of carbonyl (C=O) groups excluding carboxylic acids is 2. The van der Waals surface area contributed by atoms with Crippen LogP contribution in [0, 0.1) is 5.82 Å². The first-order chi connectivity index (χ1) is 7.34. The minimum atomic E-state index is -0.996. The number of halogens is 1. The molecule has 1 aromatic carbocycles. The summed E-state index contributed by atoms with van der Waals surface area (Å²) in [6.45, 7) is 0. The van der Waals surface area contributed by atoms with E-state index in [2.05, 4.69) is 0 Å². The van der Waals surface area contributed by atoms with Crippen molar-refractivity contribution in [1.82, 2.24) is 4.90 Å². The van der Waals surface area contributed by atoms with Crippen molar-refractivity contribution < 1.29 is 19.1 Å². The number of rotatable bonds is 2. The van der Waals surface area contributed by atoms with Gasteiger partial charge in [0.1, 0.15) is 0 Å². The van der Waals surface area contributed by atoms with E-state index in [9.17, 15) is 14.0 Å². The molecule has 86 valence electrons. The maximum Gasteiger partial charge on any atom is 0.254 e. The number of primary amides is 1. The van der Waals surface area contributed by atoms with Crippen LogP contribution >= 0.6 is 0 Å². The van der Waals surface area contributed by atoms with Crippen molar-refractivity contribution in [2.45, 2.75) is 0 Å². The largest absolute Gasteiger partial charge is 0.505 e. The Morgan fingerprint density at radius 1 is 1.31 bits per heavy atom. The van der Waals surface area contributed by atoms with Crippen molar-refractivity contribution in [2.75, 3.05) is 14.1 Å². The fraction of sp³-hybridized carbons (Fsp3) is 0.200. The Morgan fingerprint density at radius 2 is 1.88 bits per heavy atom. The monoisotopic (exact) mass is 226 g/mol. The predicted octanol–water partition coefficient (Wildman–Crippen LogP) is 0.332. The van der Waals surface area contributed by atoms with Gasteiger partial charge in [-0.3, -0.25) is 9.59 Å². The van der Waals surface area contributed by atoms with Gasteiger partial charge in [0.2, 0.25) is 5.91 Å². The zero-order valence-corrected chi connectivity index (χ0v) is 8.82. The van der Waals surface area contributed by atoms with Gasteiger partial charge in [-0.2, -0.15) is 0 Å². The Morgan fingerprint density at radius 3 is 2.31 bits per heavy atom. The van der Waals surface area contributed by atoms with Gasteiger partial charge in [0, 0.05) is 14.1 Å². The molecule has 3 N–H and O–H groups in total. The second kappa shape index (κ2) is 4.18. The van der Waals surface area contributed by atoms with Crippen molar-refractivity contribution >= 4 is 11.8 Å². The van der Waals surface area contributed by atoms with Gasteiger partial charge in [0.05, 0.1) is 11.1 Å². The number of phenols is 1. The van der Waals surface area contributed by atoms with Crippen LogP contribution in [0.25, 0.3) is 0 Å². The van der Waals surface area contributed by atoms with Gasteiger partial charge in [0.15, 0.2) is 11.6 Å². The van der Waals surface area contributed by atoms with E-state index < -0.39 is 23.4 Å². The Labute approximate surface area is 91.3 Å². The van der Waals surface area contributed by atoms with Crippen molar-refractivity contribution in [3.63, 3.8) is 0 Å². The highest BCUT2D eigenvalue weighted by atomic mass is 19.1. The molecule has 0 aromatic heterocycles. The minimum Gasteiger partial charge on any atom is -0.505 e. The number of nitrogens with two attached hydrogens (primary N) is 1. The van der Waals surface area contributed by atoms with E-state index in [1.165, 1.54) is 19.0 Å². The quantitative estimate of drug-likeness (QED) is 0.762. The van der Waals surface area contributed by atoms with E-state index in [4.69, 9.17) is 10.8 Å². The molecule has 0 bridgehead atoms. The minimum absolute atomic E-state index is 0.128. The van der Waals surface area contributed by atoms with Gasteiger partial charge in [-0.1, -0.05) is 0 Å². The highest BCUT2D eigenvalue weighted by Gasteiger charge is 2.19. The smallest absolute Gasteiger partial charge is 0.254 e. The van der Waals surface area contributed by atoms with Crippen molar-refractivity contribution in [1.29, 1.82) is 0 Å². The van der Waals surface area contributed by atoms with Crippen LogP contribution in [0.5, 0.6) is 5.75 Å². The molecular weight excluding hydrogens is 215 g/mol. The number of amides is 2. The van der Waals surface area contributed by atoms with Gasteiger partial charge in [0.25, 0.3) is 5.91 Å². The number of phenolic OH excluding ortho intramolecular Hbond substituents is 1. The second-order valence-electron chi connectivity index (χ2n) is 3.41. The first-order valence-corrected chi connectivity index (χ1v) is 4.38. The summed E-state index contributed by atoms with van der Waals surface area (Å²) in [5.74, 6) is -3.16. The molecule has 0 aliphatic carbocycles. The molecule has 0 heterocycles. The zero-order chi connectivity index (χ0) is 12.5. The van der Waals surface area contributed by atoms with E-state index in [-0.39, 0.29) is 11.1 Å². The molecule has 5 nitrogen and oxygen atoms in total. The summed E-state index contributed by atoms with van der Waals surface area (Å²) in [7, 11) is 2.93. The van der Waals surface area contributed by atoms with Crippen LogP contribution in [-0.2, 0) is 0 Å². The molecule has 1 aromatic rings. The van der Waals surface area contributed by atoms with Crippen LogP contribution in [0.2, 0.25) is 0 Å². The summed E-state index contributed by atoms with van der Waals surface area (Å²) < 4.78 is 13.0. The molecule has 0 saturated heterocycles. The number of nitrogens with zero attached hydrogens (tertiary/aromatic N) is 1. The first-order valence-electron chi connectivity index (χ1n) is 4.38. The lowest BCUT2D eigenvalue weighted by molar-refractivity contribution is 0.0820. The average molecular weight is 226 g/mol. The lowest BCUT2D eigenvalue weighted by Crippen LogP contribution is -2.26. The number of benzene rings is 1. The number of hydrogen-bond acceptors (Lipinski definition) is 3. The summed E-state index contributed by atoms with van der Waals surface area (Å²) in [6, 6.07) is 1.63. The number of aromatic hydroxyl groups is 1. The molecule has 0 spiro atoms. The third-order valence-corrected chi connectivity index (χ3v) is 1.99. The molecule has 0 atom stereocenters. The summed E-state index contributed by atoms with van der Waals surface area (Å²) in [5.41, 5.74) is 4.63. The zero-order valence-electron chi connectivity index (χ0n) is 8.82. The van der Waals surface area contributed by atoms with E-state index in [0.717, 1.165) is 12.1 Å². The van der Waals surface area contributed by atoms with Crippen molar-refractivity contribution in [3.8, 4) is 5.75 Å². The van der Waals surface area contributed by atoms with E-state index in [0.29, 0.717) is 0 Å². The Kier molecular flexibility index (Phi) is 3.12. The second-order valence-corrected chi connectivity index (χ2v) is 3.41. The van der Waals surface area contributed by atoms with E-state index >= 15 is 0 Å². The lowest BCUT2D eigenvalue weighted by atomic mass is 10.0. The Bertz CT molecular complexity index is 458. The van der Waals surface area contributed by atoms with Gasteiger partial charge in [-0.25, -0.2) is 4.39 Å². The lowest BCUT2D eigenvalue weighted by Gasteiger charge is -2.13. The molecule has 0 radical (unpaired) electrons. The highest BCUT2D eigenvalue weighted by Crippen LogP contribution is 2.21. The van der Waals surface area contributed by atoms with Crippen LogP contribution in [0.3, 0.4) is 0 Å². The molecule has 0 aliphatic heterocycles. The third-order valence-electron chi connectivity index (χ3n) is 1.99. The van der Waals surface area contributed by atoms with Crippen LogP contribution in [-0.4, -0.2) is 35.9 Å². The molecule has 0 aliphatic rings. The maximum absolute atomic E-state index is 13.0. The summed E-state index contributed by atoms with van der Waals surface area (Å²) in [4.78, 5) is 23.8. The number of hydrogen-bond donors (Lipinski definition) is 2. The summed E-state index contributed by atoms with van der Waals surface area (Å²) in [5, 5.41) is 9.14. The van der Waals surface area contributed by atoms with Crippen LogP contribution in [0.4, 0.5) is 4.39 Å². The summed E-state index contributed by atoms with van der Waals surface area (Å²) in [6.07, 6.45) is 0. The van der Waals surface area contributed by atoms with Gasteiger partial charge < -0.3 is 15.7 Å². The molecule has 0 unspecified atom stereocenters. The topological polar surface area (TPSA) is 83.6 Å². The Balaban J connectivity index is 3.42. The molecule has 1 rings (SSSR count). The van der Waals surface area contributed by atoms with Gasteiger partial charge in [-0.05, 0) is 12.1 Å². The third kappa shape index (κ3) is 2.10. The predicted molar refractivity (Wildman–Crippen MR) is 54.6 cm³/mol. The highest BCUT2D eigenvalue weighted by molar-refractivity contribution is 6.06. The molecule has 0 saturated carbocycles. The molecule has 6 heteroatoms. The van der Waals surface area contributed by atoms with Crippen LogP contribution < -0.4 is 5.73 Å². The standard InChI is InChI=1S/C10H11FN2O3/c1-13(2)10(16)6-4-8(14)7(11)3-5(6)9(12)15/h3-4,14H,1-2H3,(H2,12,15). The number of carbonyl (C=O) groups is 2. The summed E-state index contributed by atoms with van der Waals surface area (Å²) >= 11 is 0. The fourth-order valence-corrected chi connectivity index (χ4v) is 1.18. The average Bonchev–Trinajstić information content (AvgIpc) is 2.19. The molecule has 0 fully saturated rings. The van der Waals surface area contributed by atoms with Gasteiger partial charge >= 0.3 is 0 Å². The van der Waals surface area contributed by atoms with E-state index in [1.807, 2.05) is 0 Å². The first kappa shape index (κ1) is 12.0. The van der Waals surface area contributed by atoms with Crippen LogP contribution in [0.15, 0.2) is 12.1 Å².